The van der Waals surface area contributed by atoms with E-state index in [-0.39, 0.29) is 0 Å². The van der Waals surface area contributed by atoms with E-state index in [1.807, 2.05) is 29.2 Å². The van der Waals surface area contributed by atoms with Crippen LogP contribution in [0.5, 0.6) is 0 Å². The molecule has 19 heavy (non-hydrogen) atoms. The molecule has 2 aromatic rings. The molecule has 0 aromatic carbocycles. The molecule has 2 aromatic heterocycles. The minimum atomic E-state index is 0.804. The number of aromatic nitrogens is 5. The molecule has 0 atom stereocenters. The van der Waals surface area contributed by atoms with Gasteiger partial charge >= 0.3 is 0 Å². The molecule has 0 saturated carbocycles. The molecule has 0 amide bonds. The van der Waals surface area contributed by atoms with Gasteiger partial charge in [-0.15, -0.1) is 5.10 Å². The van der Waals surface area contributed by atoms with Gasteiger partial charge in [-0.25, -0.2) is 4.68 Å². The van der Waals surface area contributed by atoms with Crippen molar-refractivity contribution in [3.05, 3.63) is 30.1 Å². The van der Waals surface area contributed by atoms with Crippen molar-refractivity contribution >= 4 is 11.8 Å². The Morgan fingerprint density at radius 2 is 2.16 bits per heavy atom. The number of nitrogens with zero attached hydrogens (tertiary/aromatic N) is 5. The summed E-state index contributed by atoms with van der Waals surface area (Å²) >= 11 is 1.69. The van der Waals surface area contributed by atoms with Gasteiger partial charge in [0.25, 0.3) is 0 Å². The second kappa shape index (κ2) is 7.85. The van der Waals surface area contributed by atoms with Crippen LogP contribution in [0.4, 0.5) is 0 Å². The van der Waals surface area contributed by atoms with Gasteiger partial charge in [-0.05, 0) is 41.1 Å². The Kier molecular flexibility index (Phi) is 5.77. The van der Waals surface area contributed by atoms with Crippen molar-refractivity contribution in [2.24, 2.45) is 0 Å². The zero-order chi connectivity index (χ0) is 13.3. The Balaban J connectivity index is 1.78. The summed E-state index contributed by atoms with van der Waals surface area (Å²) in [5.41, 5.74) is 1.29. The average molecular weight is 278 g/mol. The van der Waals surface area contributed by atoms with E-state index in [1.165, 1.54) is 5.56 Å². The first-order valence-corrected chi connectivity index (χ1v) is 7.37. The predicted molar refractivity (Wildman–Crippen MR) is 75.0 cm³/mol. The van der Waals surface area contributed by atoms with Crippen molar-refractivity contribution in [2.75, 3.05) is 18.8 Å². The van der Waals surface area contributed by atoms with Crippen LogP contribution in [0.25, 0.3) is 0 Å². The third-order valence-electron chi connectivity index (χ3n) is 2.62. The number of thioether (sulfide) groups is 1. The van der Waals surface area contributed by atoms with Gasteiger partial charge in [0.05, 0.1) is 6.54 Å². The lowest BCUT2D eigenvalue weighted by atomic mass is 10.2. The first kappa shape index (κ1) is 14.0. The van der Waals surface area contributed by atoms with Crippen LogP contribution in [0.15, 0.2) is 29.7 Å². The fourth-order valence-electron chi connectivity index (χ4n) is 1.61. The molecule has 0 bridgehead atoms. The van der Waals surface area contributed by atoms with Crippen LogP contribution >= 0.6 is 11.8 Å². The third kappa shape index (κ3) is 4.60. The van der Waals surface area contributed by atoms with Gasteiger partial charge < -0.3 is 5.32 Å². The van der Waals surface area contributed by atoms with Crippen molar-refractivity contribution in [3.63, 3.8) is 0 Å². The minimum absolute atomic E-state index is 0.804. The van der Waals surface area contributed by atoms with E-state index in [0.717, 1.165) is 37.0 Å². The summed E-state index contributed by atoms with van der Waals surface area (Å²) < 4.78 is 1.85. The molecular formula is C12H18N6S. The smallest absolute Gasteiger partial charge is 0.209 e. The van der Waals surface area contributed by atoms with E-state index in [9.17, 15) is 0 Å². The fourth-order valence-corrected chi connectivity index (χ4v) is 2.50. The second-order valence-corrected chi connectivity index (χ2v) is 5.05. The highest BCUT2D eigenvalue weighted by Gasteiger charge is 2.06. The lowest BCUT2D eigenvalue weighted by molar-refractivity contribution is 0.517. The SMILES string of the molecule is CCNCCn1nnnc1SCCc1ccncc1. The maximum Gasteiger partial charge on any atom is 0.209 e. The Hall–Kier alpha value is -1.47. The van der Waals surface area contributed by atoms with E-state index in [1.54, 1.807) is 11.8 Å². The summed E-state index contributed by atoms with van der Waals surface area (Å²) in [6.07, 6.45) is 4.63. The molecule has 0 unspecified atom stereocenters. The van der Waals surface area contributed by atoms with Crippen molar-refractivity contribution in [2.45, 2.75) is 25.0 Å². The molecule has 6 nitrogen and oxygen atoms in total. The largest absolute Gasteiger partial charge is 0.315 e. The predicted octanol–water partition coefficient (Wildman–Crippen LogP) is 1.01. The Labute approximate surface area is 117 Å². The van der Waals surface area contributed by atoms with E-state index >= 15 is 0 Å². The van der Waals surface area contributed by atoms with Crippen LogP contribution in [-0.4, -0.2) is 44.0 Å². The molecule has 0 radical (unpaired) electrons. The number of nitrogens with one attached hydrogen (secondary N) is 1. The highest BCUT2D eigenvalue weighted by Crippen LogP contribution is 2.15. The summed E-state index contributed by atoms with van der Waals surface area (Å²) in [4.78, 5) is 4.01. The number of likely N-dealkylation sites (N-methyl/N-ethyl adjacent to an activating group) is 1. The molecule has 2 heterocycles. The quantitative estimate of drug-likeness (QED) is 0.574. The van der Waals surface area contributed by atoms with Crippen molar-refractivity contribution in [3.8, 4) is 0 Å². The Bertz CT molecular complexity index is 472. The monoisotopic (exact) mass is 278 g/mol. The zero-order valence-electron chi connectivity index (χ0n) is 11.0. The number of tetrazole rings is 1. The Morgan fingerprint density at radius 3 is 2.95 bits per heavy atom. The van der Waals surface area contributed by atoms with E-state index in [0.29, 0.717) is 0 Å². The van der Waals surface area contributed by atoms with Crippen LogP contribution in [0.1, 0.15) is 12.5 Å². The summed E-state index contributed by atoms with van der Waals surface area (Å²) in [7, 11) is 0. The molecule has 0 spiro atoms. The molecule has 2 rings (SSSR count). The first-order valence-electron chi connectivity index (χ1n) is 6.38. The lowest BCUT2D eigenvalue weighted by Crippen LogP contribution is -2.20. The van der Waals surface area contributed by atoms with Crippen LogP contribution < -0.4 is 5.32 Å². The highest BCUT2D eigenvalue weighted by atomic mass is 32.2. The van der Waals surface area contributed by atoms with Crippen molar-refractivity contribution < 1.29 is 0 Å². The number of hydrogen-bond acceptors (Lipinski definition) is 6. The number of aryl methyl sites for hydroxylation is 1. The van der Waals surface area contributed by atoms with Crippen LogP contribution in [-0.2, 0) is 13.0 Å². The maximum absolute atomic E-state index is 4.05. The van der Waals surface area contributed by atoms with E-state index in [2.05, 4.69) is 32.7 Å². The minimum Gasteiger partial charge on any atom is -0.315 e. The van der Waals surface area contributed by atoms with Gasteiger partial charge in [-0.3, -0.25) is 4.98 Å². The summed E-state index contributed by atoms with van der Waals surface area (Å²) in [6.45, 7) is 4.74. The lowest BCUT2D eigenvalue weighted by Gasteiger charge is -2.04. The normalized spacial score (nSPS) is 10.8. The van der Waals surface area contributed by atoms with E-state index in [4.69, 9.17) is 0 Å². The standard InChI is InChI=1S/C12H18N6S/c1-2-13-8-9-18-12(15-16-17-18)19-10-5-11-3-6-14-7-4-11/h3-4,6-7,13H,2,5,8-10H2,1H3. The summed E-state index contributed by atoms with van der Waals surface area (Å²) in [6, 6.07) is 4.07. The molecule has 7 heteroatoms. The zero-order valence-corrected chi connectivity index (χ0v) is 11.8. The molecule has 0 saturated heterocycles. The molecule has 1 N–H and O–H groups in total. The summed E-state index contributed by atoms with van der Waals surface area (Å²) in [5.74, 6) is 0.964. The molecule has 0 aliphatic heterocycles. The van der Waals surface area contributed by atoms with E-state index < -0.39 is 0 Å². The maximum atomic E-state index is 4.05. The van der Waals surface area contributed by atoms with Crippen LogP contribution in [0.3, 0.4) is 0 Å². The number of rotatable bonds is 8. The molecular weight excluding hydrogens is 260 g/mol. The van der Waals surface area contributed by atoms with Crippen molar-refractivity contribution in [1.82, 2.24) is 30.5 Å². The van der Waals surface area contributed by atoms with Gasteiger partial charge in [0.1, 0.15) is 0 Å². The third-order valence-corrected chi connectivity index (χ3v) is 3.58. The molecule has 0 fully saturated rings. The van der Waals surface area contributed by atoms with Gasteiger partial charge in [0.15, 0.2) is 0 Å². The van der Waals surface area contributed by atoms with Crippen LogP contribution in [0.2, 0.25) is 0 Å². The fraction of sp³-hybridized carbons (Fsp3) is 0.500. The number of pyridine rings is 1. The second-order valence-electron chi connectivity index (χ2n) is 3.99. The summed E-state index contributed by atoms with van der Waals surface area (Å²) in [5, 5.41) is 15.9. The van der Waals surface area contributed by atoms with Gasteiger partial charge in [0, 0.05) is 24.7 Å². The molecule has 102 valence electrons. The van der Waals surface area contributed by atoms with Gasteiger partial charge in [-0.1, -0.05) is 18.7 Å². The number of hydrogen-bond donors (Lipinski definition) is 1. The topological polar surface area (TPSA) is 68.5 Å². The molecule has 0 aliphatic rings. The first-order chi connectivity index (χ1) is 9.40. The van der Waals surface area contributed by atoms with Crippen molar-refractivity contribution in [1.29, 1.82) is 0 Å². The van der Waals surface area contributed by atoms with Gasteiger partial charge in [0.2, 0.25) is 5.16 Å². The van der Waals surface area contributed by atoms with Crippen LogP contribution in [0, 0.1) is 0 Å². The Morgan fingerprint density at radius 1 is 1.32 bits per heavy atom. The average Bonchev–Trinajstić information content (AvgIpc) is 2.88. The molecule has 0 aliphatic carbocycles. The highest BCUT2D eigenvalue weighted by molar-refractivity contribution is 7.99. The van der Waals surface area contributed by atoms with Gasteiger partial charge in [-0.2, -0.15) is 0 Å².